The lowest BCUT2D eigenvalue weighted by molar-refractivity contribution is -0.139. The monoisotopic (exact) mass is 292 g/mol. The lowest BCUT2D eigenvalue weighted by Gasteiger charge is -2.41. The molecule has 1 aliphatic heterocycles. The van der Waals surface area contributed by atoms with Crippen LogP contribution in [0.15, 0.2) is 0 Å². The maximum absolute atomic E-state index is 12.8. The van der Waals surface area contributed by atoms with Crippen LogP contribution >= 0.6 is 0 Å². The van der Waals surface area contributed by atoms with Crippen molar-refractivity contribution >= 4 is 5.91 Å². The Morgan fingerprint density at radius 2 is 1.71 bits per heavy atom. The third kappa shape index (κ3) is 3.61. The van der Waals surface area contributed by atoms with Gasteiger partial charge in [0.25, 0.3) is 0 Å². The van der Waals surface area contributed by atoms with Gasteiger partial charge in [-0.1, -0.05) is 25.7 Å². The number of carbonyl (C=O) groups is 1. The number of piperidine rings is 1. The standard InChI is InChI=1S/C18H32N2O/c1-19-13-14-8-10-20(11-9-14)18(21)17-7-6-15-4-2-3-5-16(15)12-17/h14-17,19H,2-13H2,1H3. The molecule has 3 aliphatic rings. The second kappa shape index (κ2) is 7.13. The number of likely N-dealkylation sites (tertiary alicyclic amines) is 1. The van der Waals surface area contributed by atoms with Crippen molar-refractivity contribution in [3.8, 4) is 0 Å². The van der Waals surface area contributed by atoms with Crippen molar-refractivity contribution in [2.24, 2.45) is 23.7 Å². The van der Waals surface area contributed by atoms with Crippen molar-refractivity contribution < 1.29 is 4.79 Å². The van der Waals surface area contributed by atoms with Gasteiger partial charge in [0.15, 0.2) is 0 Å². The molecular formula is C18H32N2O. The Balaban J connectivity index is 1.49. The number of nitrogens with zero attached hydrogens (tertiary/aromatic N) is 1. The first-order valence-corrected chi connectivity index (χ1v) is 9.21. The quantitative estimate of drug-likeness (QED) is 0.867. The van der Waals surface area contributed by atoms with Crippen LogP contribution in [0.2, 0.25) is 0 Å². The molecule has 0 aromatic heterocycles. The average molecular weight is 292 g/mol. The summed E-state index contributed by atoms with van der Waals surface area (Å²) >= 11 is 0. The van der Waals surface area contributed by atoms with E-state index in [9.17, 15) is 4.79 Å². The Bertz CT molecular complexity index is 349. The zero-order chi connectivity index (χ0) is 14.7. The fourth-order valence-electron chi connectivity index (χ4n) is 5.00. The molecule has 120 valence electrons. The molecule has 2 saturated carbocycles. The van der Waals surface area contributed by atoms with Crippen molar-refractivity contribution in [1.29, 1.82) is 0 Å². The van der Waals surface area contributed by atoms with E-state index in [-0.39, 0.29) is 0 Å². The van der Waals surface area contributed by atoms with Gasteiger partial charge in [0.1, 0.15) is 0 Å². The zero-order valence-electron chi connectivity index (χ0n) is 13.7. The third-order valence-electron chi connectivity index (χ3n) is 6.31. The van der Waals surface area contributed by atoms with E-state index in [1.165, 1.54) is 51.4 Å². The van der Waals surface area contributed by atoms with Gasteiger partial charge in [-0.2, -0.15) is 0 Å². The first-order chi connectivity index (χ1) is 10.3. The Morgan fingerprint density at radius 3 is 2.43 bits per heavy atom. The van der Waals surface area contributed by atoms with E-state index in [4.69, 9.17) is 0 Å². The molecule has 3 heteroatoms. The molecule has 3 nitrogen and oxygen atoms in total. The maximum Gasteiger partial charge on any atom is 0.225 e. The highest BCUT2D eigenvalue weighted by molar-refractivity contribution is 5.79. The molecule has 2 aliphatic carbocycles. The van der Waals surface area contributed by atoms with E-state index in [2.05, 4.69) is 10.2 Å². The van der Waals surface area contributed by atoms with E-state index >= 15 is 0 Å². The van der Waals surface area contributed by atoms with Crippen LogP contribution in [0.5, 0.6) is 0 Å². The molecule has 1 N–H and O–H groups in total. The second-order valence-electron chi connectivity index (χ2n) is 7.64. The smallest absolute Gasteiger partial charge is 0.225 e. The molecule has 0 spiro atoms. The predicted molar refractivity (Wildman–Crippen MR) is 86.0 cm³/mol. The molecule has 0 bridgehead atoms. The number of nitrogens with one attached hydrogen (secondary N) is 1. The number of rotatable bonds is 3. The molecule has 1 amide bonds. The molecule has 1 saturated heterocycles. The molecule has 3 fully saturated rings. The number of hydrogen-bond acceptors (Lipinski definition) is 2. The van der Waals surface area contributed by atoms with Gasteiger partial charge in [0, 0.05) is 19.0 Å². The zero-order valence-corrected chi connectivity index (χ0v) is 13.7. The van der Waals surface area contributed by atoms with Crippen molar-refractivity contribution in [2.75, 3.05) is 26.7 Å². The summed E-state index contributed by atoms with van der Waals surface area (Å²) in [6, 6.07) is 0. The minimum atomic E-state index is 0.352. The molecule has 0 aromatic rings. The lowest BCUT2D eigenvalue weighted by atomic mass is 9.67. The van der Waals surface area contributed by atoms with E-state index in [1.54, 1.807) is 0 Å². The van der Waals surface area contributed by atoms with E-state index in [0.29, 0.717) is 11.8 Å². The highest BCUT2D eigenvalue weighted by Crippen LogP contribution is 2.43. The van der Waals surface area contributed by atoms with Crippen LogP contribution in [0.25, 0.3) is 0 Å². The third-order valence-corrected chi connectivity index (χ3v) is 6.31. The molecule has 0 aromatic carbocycles. The first-order valence-electron chi connectivity index (χ1n) is 9.21. The fraction of sp³-hybridized carbons (Fsp3) is 0.944. The van der Waals surface area contributed by atoms with Crippen LogP contribution in [0.4, 0.5) is 0 Å². The second-order valence-corrected chi connectivity index (χ2v) is 7.64. The summed E-state index contributed by atoms with van der Waals surface area (Å²) in [5, 5.41) is 3.27. The van der Waals surface area contributed by atoms with Gasteiger partial charge in [-0.3, -0.25) is 4.79 Å². The minimum absolute atomic E-state index is 0.352. The van der Waals surface area contributed by atoms with E-state index < -0.39 is 0 Å². The summed E-state index contributed by atoms with van der Waals surface area (Å²) in [4.78, 5) is 15.0. The van der Waals surface area contributed by atoms with Crippen molar-refractivity contribution in [3.63, 3.8) is 0 Å². The van der Waals surface area contributed by atoms with Crippen molar-refractivity contribution in [1.82, 2.24) is 10.2 Å². The van der Waals surface area contributed by atoms with Gasteiger partial charge in [-0.05, 0) is 63.5 Å². The van der Waals surface area contributed by atoms with E-state index in [1.807, 2.05) is 7.05 Å². The normalized spacial score (nSPS) is 34.5. The fourth-order valence-corrected chi connectivity index (χ4v) is 5.00. The van der Waals surface area contributed by atoms with Crippen LogP contribution in [-0.4, -0.2) is 37.5 Å². The molecule has 1 heterocycles. The Morgan fingerprint density at radius 1 is 1.00 bits per heavy atom. The van der Waals surface area contributed by atoms with Gasteiger partial charge < -0.3 is 10.2 Å². The molecule has 3 unspecified atom stereocenters. The number of hydrogen-bond donors (Lipinski definition) is 1. The highest BCUT2D eigenvalue weighted by Gasteiger charge is 2.37. The van der Waals surface area contributed by atoms with Crippen LogP contribution in [0, 0.1) is 23.7 Å². The van der Waals surface area contributed by atoms with Crippen LogP contribution in [-0.2, 0) is 4.79 Å². The summed E-state index contributed by atoms with van der Waals surface area (Å²) < 4.78 is 0. The highest BCUT2D eigenvalue weighted by atomic mass is 16.2. The van der Waals surface area contributed by atoms with Crippen LogP contribution < -0.4 is 5.32 Å². The van der Waals surface area contributed by atoms with Crippen LogP contribution in [0.3, 0.4) is 0 Å². The van der Waals surface area contributed by atoms with Crippen molar-refractivity contribution in [3.05, 3.63) is 0 Å². The number of carbonyl (C=O) groups excluding carboxylic acids is 1. The largest absolute Gasteiger partial charge is 0.342 e. The lowest BCUT2D eigenvalue weighted by Crippen LogP contribution is -2.45. The summed E-state index contributed by atoms with van der Waals surface area (Å²) in [5.74, 6) is 3.42. The molecule has 3 rings (SSSR count). The predicted octanol–water partition coefficient (Wildman–Crippen LogP) is 3.05. The van der Waals surface area contributed by atoms with Gasteiger partial charge >= 0.3 is 0 Å². The number of fused-ring (bicyclic) bond motifs is 1. The Kier molecular flexibility index (Phi) is 5.20. The maximum atomic E-state index is 12.8. The Hall–Kier alpha value is -0.570. The SMILES string of the molecule is CNCC1CCN(C(=O)C2CCC3CCCCC3C2)CC1. The molecule has 3 atom stereocenters. The average Bonchev–Trinajstić information content (AvgIpc) is 2.55. The molecule has 0 radical (unpaired) electrons. The van der Waals surface area contributed by atoms with Gasteiger partial charge in [-0.25, -0.2) is 0 Å². The molecular weight excluding hydrogens is 260 g/mol. The van der Waals surface area contributed by atoms with Gasteiger partial charge in [0.05, 0.1) is 0 Å². The number of amides is 1. The van der Waals surface area contributed by atoms with Gasteiger partial charge in [-0.15, -0.1) is 0 Å². The van der Waals surface area contributed by atoms with Crippen molar-refractivity contribution in [2.45, 2.75) is 57.8 Å². The Labute approximate surface area is 129 Å². The minimum Gasteiger partial charge on any atom is -0.342 e. The van der Waals surface area contributed by atoms with E-state index in [0.717, 1.165) is 43.8 Å². The summed E-state index contributed by atoms with van der Waals surface area (Å²) in [7, 11) is 2.03. The summed E-state index contributed by atoms with van der Waals surface area (Å²) in [6.07, 6.45) is 11.7. The molecule has 21 heavy (non-hydrogen) atoms. The summed E-state index contributed by atoms with van der Waals surface area (Å²) in [6.45, 7) is 3.10. The van der Waals surface area contributed by atoms with Crippen LogP contribution in [0.1, 0.15) is 57.8 Å². The summed E-state index contributed by atoms with van der Waals surface area (Å²) in [5.41, 5.74) is 0. The topological polar surface area (TPSA) is 32.3 Å². The first kappa shape index (κ1) is 15.3. The van der Waals surface area contributed by atoms with Gasteiger partial charge in [0.2, 0.25) is 5.91 Å².